The number of hydrogen-bond donors (Lipinski definition) is 0. The van der Waals surface area contributed by atoms with Crippen LogP contribution in [0.3, 0.4) is 0 Å². The maximum atomic E-state index is 12.7. The number of halogens is 11. The number of quaternary nitrogens is 1. The smallest absolute Gasteiger partial charge is 0.402 e. The van der Waals surface area contributed by atoms with Crippen LogP contribution in [0.25, 0.3) is 0 Å². The molecule has 4 nitrogen and oxygen atoms in total. The number of rotatable bonds is 10. The van der Waals surface area contributed by atoms with Gasteiger partial charge >= 0.3 is 28.9 Å². The molecule has 0 aromatic heterocycles. The molecule has 0 aliphatic rings. The molecule has 30 heavy (non-hydrogen) atoms. The molecule has 0 amide bonds. The first-order valence-corrected chi connectivity index (χ1v) is 9.72. The van der Waals surface area contributed by atoms with Gasteiger partial charge in [-0.05, 0) is 27.7 Å². The van der Waals surface area contributed by atoms with E-state index >= 15 is 0 Å². The van der Waals surface area contributed by atoms with Crippen molar-refractivity contribution < 1.29 is 65.7 Å². The van der Waals surface area contributed by atoms with Crippen LogP contribution >= 0.6 is 0 Å². The highest BCUT2D eigenvalue weighted by Gasteiger charge is 2.87. The molecule has 0 bridgehead atoms. The quantitative estimate of drug-likeness (QED) is 0.256. The van der Waals surface area contributed by atoms with E-state index in [1.54, 1.807) is 0 Å². The summed E-state index contributed by atoms with van der Waals surface area (Å²) in [6, 6.07) is 0. The van der Waals surface area contributed by atoms with E-state index in [2.05, 4.69) is 27.7 Å². The van der Waals surface area contributed by atoms with Gasteiger partial charge in [-0.15, -0.1) is 0 Å². The van der Waals surface area contributed by atoms with E-state index in [4.69, 9.17) is 0 Å². The zero-order valence-electron chi connectivity index (χ0n) is 16.3. The van der Waals surface area contributed by atoms with Gasteiger partial charge in [0.1, 0.15) is 0 Å². The third-order valence-electron chi connectivity index (χ3n) is 4.78. The van der Waals surface area contributed by atoms with E-state index in [0.717, 1.165) is 0 Å². The van der Waals surface area contributed by atoms with Crippen molar-refractivity contribution in [3.63, 3.8) is 0 Å². The second kappa shape index (κ2) is 9.71. The van der Waals surface area contributed by atoms with Crippen LogP contribution in [0.2, 0.25) is 0 Å². The Bertz CT molecular complexity index is 632. The largest absolute Gasteiger partial charge is 0.743 e. The molecule has 0 N–H and O–H groups in total. The Kier molecular flexibility index (Phi) is 10.1. The third-order valence-corrected chi connectivity index (χ3v) is 5.66. The Morgan fingerprint density at radius 1 is 0.667 bits per heavy atom. The van der Waals surface area contributed by atoms with Crippen molar-refractivity contribution >= 4 is 10.1 Å². The molecule has 0 spiro atoms. The maximum absolute atomic E-state index is 12.7. The summed E-state index contributed by atoms with van der Waals surface area (Å²) >= 11 is 0. The SMILES string of the molecule is CC[N+](CC)(CC)CC.O=S(=O)([O-])C(F)(F)C(F)(F)C(F)(F)C(F)(F)C(F)(F)CF. The molecule has 0 fully saturated rings. The number of nitrogens with zero attached hydrogens (tertiary/aromatic N) is 1. The lowest BCUT2D eigenvalue weighted by Crippen LogP contribution is -2.69. The molecule has 184 valence electrons. The zero-order chi connectivity index (χ0) is 25.0. The lowest BCUT2D eigenvalue weighted by molar-refractivity contribution is -0.921. The molecule has 0 aliphatic heterocycles. The normalized spacial score (nSPS) is 14.9. The molecular formula is C14H22F11NO3S. The Morgan fingerprint density at radius 2 is 0.967 bits per heavy atom. The molecule has 0 aromatic rings. The highest BCUT2D eigenvalue weighted by molar-refractivity contribution is 7.86. The molecule has 0 saturated heterocycles. The van der Waals surface area contributed by atoms with Gasteiger partial charge in [0.25, 0.3) is 0 Å². The van der Waals surface area contributed by atoms with E-state index < -0.39 is 45.7 Å². The lowest BCUT2D eigenvalue weighted by Gasteiger charge is -2.39. The van der Waals surface area contributed by atoms with Crippen LogP contribution in [0.15, 0.2) is 0 Å². The maximum Gasteiger partial charge on any atom is 0.402 e. The first kappa shape index (κ1) is 31.3. The second-order valence-electron chi connectivity index (χ2n) is 6.14. The van der Waals surface area contributed by atoms with Crippen molar-refractivity contribution in [3.05, 3.63) is 0 Å². The van der Waals surface area contributed by atoms with Crippen LogP contribution in [-0.2, 0) is 10.1 Å². The van der Waals surface area contributed by atoms with E-state index in [1.165, 1.54) is 30.7 Å². The van der Waals surface area contributed by atoms with Gasteiger partial charge in [0.05, 0.1) is 26.2 Å². The van der Waals surface area contributed by atoms with Gasteiger partial charge in [0.15, 0.2) is 16.8 Å². The fraction of sp³-hybridized carbons (Fsp3) is 1.00. The summed E-state index contributed by atoms with van der Waals surface area (Å²) in [6.45, 7) is 10.6. The minimum Gasteiger partial charge on any atom is -0.743 e. The second-order valence-corrected chi connectivity index (χ2v) is 7.56. The van der Waals surface area contributed by atoms with Gasteiger partial charge in [0, 0.05) is 0 Å². The number of hydrogen-bond acceptors (Lipinski definition) is 3. The van der Waals surface area contributed by atoms with Crippen LogP contribution in [0.5, 0.6) is 0 Å². The summed E-state index contributed by atoms with van der Waals surface area (Å²) in [4.78, 5) is 0. The number of alkyl halides is 11. The summed E-state index contributed by atoms with van der Waals surface area (Å²) in [6.07, 6.45) is 0. The van der Waals surface area contributed by atoms with Crippen molar-refractivity contribution in [2.75, 3.05) is 32.9 Å². The summed E-state index contributed by atoms with van der Waals surface area (Å²) < 4.78 is 167. The van der Waals surface area contributed by atoms with E-state index in [9.17, 15) is 61.3 Å². The Balaban J connectivity index is 0. The predicted molar refractivity (Wildman–Crippen MR) is 82.8 cm³/mol. The minimum atomic E-state index is -7.77. The van der Waals surface area contributed by atoms with Crippen molar-refractivity contribution in [2.45, 2.75) is 56.6 Å². The van der Waals surface area contributed by atoms with Crippen LogP contribution in [0.4, 0.5) is 48.3 Å². The van der Waals surface area contributed by atoms with Crippen molar-refractivity contribution in [1.29, 1.82) is 0 Å². The standard InChI is InChI=1S/C8H20N.C6H3F11O3S/c1-5-9(6-2,7-3)8-4;7-1-2(8,9)3(10,11)4(12,13)5(14,15)6(16,17)21(18,19)20/h5-8H2,1-4H3;1H2,(H,18,19,20)/q+1;/p-1. The van der Waals surface area contributed by atoms with Gasteiger partial charge in [-0.1, -0.05) is 0 Å². The molecule has 0 saturated carbocycles. The van der Waals surface area contributed by atoms with Crippen LogP contribution in [-0.4, -0.2) is 79.3 Å². The van der Waals surface area contributed by atoms with Crippen molar-refractivity contribution in [3.8, 4) is 0 Å². The molecule has 16 heteroatoms. The molecule has 0 rings (SSSR count). The highest BCUT2D eigenvalue weighted by Crippen LogP contribution is 2.57. The Hall–Kier alpha value is -0.900. The summed E-state index contributed by atoms with van der Waals surface area (Å²) in [5, 5.41) is -7.36. The predicted octanol–water partition coefficient (Wildman–Crippen LogP) is 4.52. The summed E-state index contributed by atoms with van der Waals surface area (Å²) in [5.74, 6) is -29.5. The van der Waals surface area contributed by atoms with Crippen LogP contribution in [0.1, 0.15) is 27.7 Å². The summed E-state index contributed by atoms with van der Waals surface area (Å²) in [5.41, 5.74) is 0. The van der Waals surface area contributed by atoms with E-state index in [1.807, 2.05) is 0 Å². The monoisotopic (exact) mass is 493 g/mol. The Labute approximate surface area is 166 Å². The van der Waals surface area contributed by atoms with E-state index in [-0.39, 0.29) is 0 Å². The molecule has 0 aliphatic carbocycles. The Morgan fingerprint density at radius 3 is 1.13 bits per heavy atom. The van der Waals surface area contributed by atoms with Crippen LogP contribution < -0.4 is 0 Å². The van der Waals surface area contributed by atoms with Crippen LogP contribution in [0, 0.1) is 0 Å². The zero-order valence-corrected chi connectivity index (χ0v) is 17.1. The molecule has 0 heterocycles. The molecule has 0 radical (unpaired) electrons. The van der Waals surface area contributed by atoms with Gasteiger partial charge in [-0.2, -0.15) is 43.9 Å². The first-order chi connectivity index (χ1) is 13.1. The average Bonchev–Trinajstić information content (AvgIpc) is 2.63. The minimum absolute atomic E-state index is 1.28. The third kappa shape index (κ3) is 5.29. The molecular weight excluding hydrogens is 471 g/mol. The lowest BCUT2D eigenvalue weighted by atomic mass is 9.99. The fourth-order valence-electron chi connectivity index (χ4n) is 2.19. The first-order valence-electron chi connectivity index (χ1n) is 8.31. The summed E-state index contributed by atoms with van der Waals surface area (Å²) in [7, 11) is -7.64. The van der Waals surface area contributed by atoms with Crippen molar-refractivity contribution in [2.24, 2.45) is 0 Å². The van der Waals surface area contributed by atoms with Gasteiger partial charge in [-0.3, -0.25) is 0 Å². The van der Waals surface area contributed by atoms with E-state index in [0.29, 0.717) is 0 Å². The molecule has 0 aromatic carbocycles. The highest BCUT2D eigenvalue weighted by atomic mass is 32.2. The fourth-order valence-corrected chi connectivity index (χ4v) is 2.63. The molecule has 0 unspecified atom stereocenters. The van der Waals surface area contributed by atoms with Crippen molar-refractivity contribution in [1.82, 2.24) is 0 Å². The van der Waals surface area contributed by atoms with Gasteiger partial charge in [-0.25, -0.2) is 12.8 Å². The topological polar surface area (TPSA) is 57.2 Å². The molecule has 0 atom stereocenters. The average molecular weight is 493 g/mol. The van der Waals surface area contributed by atoms with Gasteiger partial charge in [0.2, 0.25) is 0 Å². The van der Waals surface area contributed by atoms with Gasteiger partial charge < -0.3 is 9.04 Å².